The minimum atomic E-state index is -0.510. The van der Waals surface area contributed by atoms with Crippen molar-refractivity contribution in [2.75, 3.05) is 6.67 Å². The summed E-state index contributed by atoms with van der Waals surface area (Å²) in [5, 5.41) is 10.7. The maximum Gasteiger partial charge on any atom is 0.269 e. The van der Waals surface area contributed by atoms with Crippen LogP contribution in [0.1, 0.15) is 44.7 Å². The van der Waals surface area contributed by atoms with Crippen molar-refractivity contribution in [2.24, 2.45) is 0 Å². The molecule has 1 aromatic carbocycles. The fourth-order valence-corrected chi connectivity index (χ4v) is 1.84. The fourth-order valence-electron chi connectivity index (χ4n) is 1.84. The van der Waals surface area contributed by atoms with Gasteiger partial charge in [0.05, 0.1) is 11.6 Å². The van der Waals surface area contributed by atoms with Crippen LogP contribution in [0.15, 0.2) is 18.2 Å². The molecule has 0 aromatic heterocycles. The molecule has 0 saturated carbocycles. The summed E-state index contributed by atoms with van der Waals surface area (Å²) in [6, 6.07) is 4.71. The van der Waals surface area contributed by atoms with Gasteiger partial charge in [0.2, 0.25) is 0 Å². The highest BCUT2D eigenvalue weighted by Crippen LogP contribution is 2.33. The van der Waals surface area contributed by atoms with E-state index in [9.17, 15) is 14.5 Å². The molecule has 17 heavy (non-hydrogen) atoms. The number of rotatable bonds is 3. The van der Waals surface area contributed by atoms with E-state index in [2.05, 4.69) is 0 Å². The first-order chi connectivity index (χ1) is 7.77. The first-order valence-electron chi connectivity index (χ1n) is 5.62. The van der Waals surface area contributed by atoms with Gasteiger partial charge < -0.3 is 0 Å². The highest BCUT2D eigenvalue weighted by atomic mass is 19.1. The average molecular weight is 239 g/mol. The molecular weight excluding hydrogens is 221 g/mol. The van der Waals surface area contributed by atoms with Crippen LogP contribution in [0.3, 0.4) is 0 Å². The molecule has 0 aliphatic rings. The SMILES string of the molecule is CC(CF)c1cc([N+](=O)[O-])ccc1C(C)(C)C. The van der Waals surface area contributed by atoms with Crippen LogP contribution in [-0.2, 0) is 5.41 Å². The molecule has 0 fully saturated rings. The van der Waals surface area contributed by atoms with E-state index in [-0.39, 0.29) is 17.0 Å². The van der Waals surface area contributed by atoms with E-state index in [4.69, 9.17) is 0 Å². The Bertz CT molecular complexity index is 424. The van der Waals surface area contributed by atoms with Gasteiger partial charge in [0, 0.05) is 18.1 Å². The van der Waals surface area contributed by atoms with E-state index in [0.29, 0.717) is 0 Å². The van der Waals surface area contributed by atoms with Crippen LogP contribution in [0.2, 0.25) is 0 Å². The molecule has 94 valence electrons. The Balaban J connectivity index is 3.37. The van der Waals surface area contributed by atoms with Crippen LogP contribution >= 0.6 is 0 Å². The topological polar surface area (TPSA) is 43.1 Å². The van der Waals surface area contributed by atoms with Crippen molar-refractivity contribution in [1.82, 2.24) is 0 Å². The van der Waals surface area contributed by atoms with E-state index >= 15 is 0 Å². The lowest BCUT2D eigenvalue weighted by Gasteiger charge is -2.24. The van der Waals surface area contributed by atoms with Crippen LogP contribution in [0.5, 0.6) is 0 Å². The molecule has 1 rings (SSSR count). The number of benzene rings is 1. The predicted molar refractivity (Wildman–Crippen MR) is 66.2 cm³/mol. The molecule has 0 bridgehead atoms. The minimum Gasteiger partial charge on any atom is -0.258 e. The normalized spacial score (nSPS) is 13.5. The zero-order valence-corrected chi connectivity index (χ0v) is 10.7. The van der Waals surface area contributed by atoms with Crippen LogP contribution in [0, 0.1) is 10.1 Å². The molecule has 0 N–H and O–H groups in total. The predicted octanol–water partition coefficient (Wildman–Crippen LogP) is 3.97. The zero-order chi connectivity index (χ0) is 13.2. The third kappa shape index (κ3) is 3.02. The molecule has 0 radical (unpaired) electrons. The van der Waals surface area contributed by atoms with Gasteiger partial charge in [-0.25, -0.2) is 0 Å². The second kappa shape index (κ2) is 4.82. The number of hydrogen-bond donors (Lipinski definition) is 0. The molecule has 3 nitrogen and oxygen atoms in total. The summed E-state index contributed by atoms with van der Waals surface area (Å²) in [6.45, 7) is 7.28. The van der Waals surface area contributed by atoms with E-state index in [1.807, 2.05) is 20.8 Å². The van der Waals surface area contributed by atoms with Gasteiger partial charge in [-0.15, -0.1) is 0 Å². The number of halogens is 1. The standard InChI is InChI=1S/C13H18FNO2/c1-9(8-14)11-7-10(15(16)17)5-6-12(11)13(2,3)4/h5-7,9H,8H2,1-4H3. The van der Waals surface area contributed by atoms with Crippen molar-refractivity contribution in [2.45, 2.75) is 39.0 Å². The van der Waals surface area contributed by atoms with Gasteiger partial charge in [-0.3, -0.25) is 14.5 Å². The van der Waals surface area contributed by atoms with Gasteiger partial charge in [-0.05, 0) is 16.5 Å². The minimum absolute atomic E-state index is 0.0216. The lowest BCUT2D eigenvalue weighted by Crippen LogP contribution is -2.16. The lowest BCUT2D eigenvalue weighted by molar-refractivity contribution is -0.385. The van der Waals surface area contributed by atoms with E-state index in [1.54, 1.807) is 13.0 Å². The Morgan fingerprint density at radius 1 is 1.41 bits per heavy atom. The van der Waals surface area contributed by atoms with E-state index in [0.717, 1.165) is 11.1 Å². The van der Waals surface area contributed by atoms with Crippen molar-refractivity contribution < 1.29 is 9.31 Å². The maximum absolute atomic E-state index is 12.8. The summed E-state index contributed by atoms with van der Waals surface area (Å²) >= 11 is 0. The Morgan fingerprint density at radius 2 is 2.00 bits per heavy atom. The molecule has 1 atom stereocenters. The molecule has 0 aliphatic carbocycles. The second-order valence-electron chi connectivity index (χ2n) is 5.33. The van der Waals surface area contributed by atoms with Crippen molar-refractivity contribution >= 4 is 5.69 Å². The molecule has 0 amide bonds. The number of alkyl halides is 1. The summed E-state index contributed by atoms with van der Waals surface area (Å²) in [5.74, 6) is -0.316. The molecule has 0 heterocycles. The molecular formula is C13H18FNO2. The van der Waals surface area contributed by atoms with Crippen molar-refractivity contribution in [3.63, 3.8) is 0 Å². The fraction of sp³-hybridized carbons (Fsp3) is 0.538. The molecule has 0 saturated heterocycles. The monoisotopic (exact) mass is 239 g/mol. The van der Waals surface area contributed by atoms with E-state index in [1.165, 1.54) is 12.1 Å². The van der Waals surface area contributed by atoms with Gasteiger partial charge in [0.25, 0.3) is 5.69 Å². The Hall–Kier alpha value is -1.45. The van der Waals surface area contributed by atoms with Gasteiger partial charge in [-0.2, -0.15) is 0 Å². The number of nitro groups is 1. The van der Waals surface area contributed by atoms with Gasteiger partial charge in [-0.1, -0.05) is 33.8 Å². The van der Waals surface area contributed by atoms with Crippen LogP contribution in [0.25, 0.3) is 0 Å². The largest absolute Gasteiger partial charge is 0.269 e. The average Bonchev–Trinajstić information content (AvgIpc) is 2.25. The van der Waals surface area contributed by atoms with Crippen LogP contribution in [-0.4, -0.2) is 11.6 Å². The Labute approximate surface area is 101 Å². The van der Waals surface area contributed by atoms with Crippen LogP contribution in [0.4, 0.5) is 10.1 Å². The van der Waals surface area contributed by atoms with E-state index < -0.39 is 11.6 Å². The number of non-ortho nitro benzene ring substituents is 1. The first kappa shape index (κ1) is 13.6. The van der Waals surface area contributed by atoms with Crippen molar-refractivity contribution in [3.05, 3.63) is 39.4 Å². The smallest absolute Gasteiger partial charge is 0.258 e. The van der Waals surface area contributed by atoms with Crippen molar-refractivity contribution in [1.29, 1.82) is 0 Å². The van der Waals surface area contributed by atoms with Gasteiger partial charge in [0.15, 0.2) is 0 Å². The summed E-state index contributed by atoms with van der Waals surface area (Å²) in [7, 11) is 0. The van der Waals surface area contributed by atoms with Gasteiger partial charge in [0.1, 0.15) is 0 Å². The molecule has 1 unspecified atom stereocenters. The Kier molecular flexibility index (Phi) is 3.86. The Morgan fingerprint density at radius 3 is 2.41 bits per heavy atom. The van der Waals surface area contributed by atoms with Crippen LogP contribution < -0.4 is 0 Å². The van der Waals surface area contributed by atoms with Gasteiger partial charge >= 0.3 is 0 Å². The molecule has 0 aliphatic heterocycles. The lowest BCUT2D eigenvalue weighted by atomic mass is 9.80. The summed E-state index contributed by atoms with van der Waals surface area (Å²) in [4.78, 5) is 10.3. The number of hydrogen-bond acceptors (Lipinski definition) is 2. The highest BCUT2D eigenvalue weighted by molar-refractivity contribution is 5.44. The number of nitro benzene ring substituents is 1. The number of nitrogens with zero attached hydrogens (tertiary/aromatic N) is 1. The third-order valence-electron chi connectivity index (χ3n) is 2.82. The highest BCUT2D eigenvalue weighted by Gasteiger charge is 2.23. The molecule has 1 aromatic rings. The van der Waals surface area contributed by atoms with Crippen molar-refractivity contribution in [3.8, 4) is 0 Å². The first-order valence-corrected chi connectivity index (χ1v) is 5.62. The molecule has 4 heteroatoms. The summed E-state index contributed by atoms with van der Waals surface area (Å²) in [6.07, 6.45) is 0. The summed E-state index contributed by atoms with van der Waals surface area (Å²) in [5.41, 5.74) is 1.57. The zero-order valence-electron chi connectivity index (χ0n) is 10.7. The maximum atomic E-state index is 12.8. The summed E-state index contributed by atoms with van der Waals surface area (Å²) < 4.78 is 12.8. The quantitative estimate of drug-likeness (QED) is 0.591. The second-order valence-corrected chi connectivity index (χ2v) is 5.33. The third-order valence-corrected chi connectivity index (χ3v) is 2.82. The molecule has 0 spiro atoms.